The van der Waals surface area contributed by atoms with Crippen LogP contribution in [0.4, 0.5) is 4.79 Å². The molecule has 128 valence electrons. The minimum Gasteiger partial charge on any atom is -0.478 e. The van der Waals surface area contributed by atoms with E-state index in [1.54, 1.807) is 20.8 Å². The zero-order valence-electron chi connectivity index (χ0n) is 13.7. The monoisotopic (exact) mass is 333 g/mol. The van der Waals surface area contributed by atoms with Crippen molar-refractivity contribution < 1.29 is 29.0 Å². The van der Waals surface area contributed by atoms with Crippen LogP contribution in [-0.4, -0.2) is 39.5 Å². The fourth-order valence-corrected chi connectivity index (χ4v) is 2.45. The maximum Gasteiger partial charge on any atom is 0.424 e. The molecule has 1 aliphatic rings. The maximum absolute atomic E-state index is 12.6. The predicted octanol–water partition coefficient (Wildman–Crippen LogP) is 2.55. The Kier molecular flexibility index (Phi) is 4.73. The highest BCUT2D eigenvalue weighted by Crippen LogP contribution is 2.30. The molecule has 0 aromatic heterocycles. The van der Waals surface area contributed by atoms with Crippen LogP contribution in [0.25, 0.3) is 0 Å². The van der Waals surface area contributed by atoms with Crippen LogP contribution in [0.2, 0.25) is 0 Å². The number of benzene rings is 1. The number of carboxylic acid groups (broad SMARTS) is 1. The van der Waals surface area contributed by atoms with Crippen LogP contribution < -0.4 is 0 Å². The smallest absolute Gasteiger partial charge is 0.424 e. The van der Waals surface area contributed by atoms with Crippen molar-refractivity contribution in [1.29, 1.82) is 0 Å². The zero-order valence-corrected chi connectivity index (χ0v) is 13.7. The first-order chi connectivity index (χ1) is 11.1. The van der Waals surface area contributed by atoms with E-state index in [1.807, 2.05) is 0 Å². The van der Waals surface area contributed by atoms with Gasteiger partial charge in [0.05, 0.1) is 11.5 Å². The van der Waals surface area contributed by atoms with Gasteiger partial charge in [0.1, 0.15) is 5.60 Å². The third kappa shape index (κ3) is 3.79. The van der Waals surface area contributed by atoms with Crippen molar-refractivity contribution in [3.05, 3.63) is 35.4 Å². The van der Waals surface area contributed by atoms with Gasteiger partial charge < -0.3 is 9.84 Å². The molecular formula is C17H19NO6. The number of rotatable bonds is 2. The maximum atomic E-state index is 12.6. The lowest BCUT2D eigenvalue weighted by Crippen LogP contribution is -2.49. The van der Waals surface area contributed by atoms with E-state index < -0.39 is 35.4 Å². The summed E-state index contributed by atoms with van der Waals surface area (Å²) in [4.78, 5) is 48.1. The van der Waals surface area contributed by atoms with Crippen LogP contribution in [-0.2, 0) is 14.3 Å². The average molecular weight is 333 g/mol. The van der Waals surface area contributed by atoms with Crippen LogP contribution in [0.15, 0.2) is 24.3 Å². The number of carbonyl (C=O) groups excluding carboxylic acids is 3. The summed E-state index contributed by atoms with van der Waals surface area (Å²) in [5.41, 5.74) is -0.165. The van der Waals surface area contributed by atoms with E-state index in [4.69, 9.17) is 9.84 Å². The Morgan fingerprint density at radius 1 is 1.17 bits per heavy atom. The number of aromatic carboxylic acids is 1. The summed E-state index contributed by atoms with van der Waals surface area (Å²) in [6, 6.07) is 5.82. The molecule has 24 heavy (non-hydrogen) atoms. The highest BCUT2D eigenvalue weighted by atomic mass is 16.6. The number of carboxylic acids is 1. The molecule has 3 amide bonds. The Hall–Kier alpha value is -2.70. The number of hydrogen-bond acceptors (Lipinski definition) is 5. The summed E-state index contributed by atoms with van der Waals surface area (Å²) in [6.45, 7) is 4.93. The molecule has 2 rings (SSSR count). The van der Waals surface area contributed by atoms with Crippen molar-refractivity contribution in [3.8, 4) is 0 Å². The molecule has 1 atom stereocenters. The normalized spacial score (nSPS) is 18.5. The molecule has 7 nitrogen and oxygen atoms in total. The minimum atomic E-state index is -1.07. The summed E-state index contributed by atoms with van der Waals surface area (Å²) < 4.78 is 5.12. The highest BCUT2D eigenvalue weighted by molar-refractivity contribution is 6.12. The van der Waals surface area contributed by atoms with Gasteiger partial charge in [-0.15, -0.1) is 0 Å². The Bertz CT molecular complexity index is 686. The standard InChI is InChI=1S/C17H19NO6/c1-17(2,3)24-16(23)18-13(19)9-8-12(14(18)20)10-4-6-11(7-5-10)15(21)22/h4-7,12H,8-9H2,1-3H3,(H,21,22). The van der Waals surface area contributed by atoms with E-state index in [9.17, 15) is 19.2 Å². The molecular weight excluding hydrogens is 314 g/mol. The Balaban J connectivity index is 2.24. The number of carbonyl (C=O) groups is 4. The van der Waals surface area contributed by atoms with Crippen LogP contribution in [0.3, 0.4) is 0 Å². The molecule has 0 aliphatic carbocycles. The van der Waals surface area contributed by atoms with Gasteiger partial charge in [-0.2, -0.15) is 4.90 Å². The molecule has 1 aromatic rings. The molecule has 1 aliphatic heterocycles. The topological polar surface area (TPSA) is 101 Å². The van der Waals surface area contributed by atoms with E-state index in [0.717, 1.165) is 0 Å². The van der Waals surface area contributed by atoms with Crippen molar-refractivity contribution in [2.45, 2.75) is 45.1 Å². The summed E-state index contributed by atoms with van der Waals surface area (Å²) >= 11 is 0. The number of imide groups is 3. The highest BCUT2D eigenvalue weighted by Gasteiger charge is 2.41. The molecule has 7 heteroatoms. The lowest BCUT2D eigenvalue weighted by molar-refractivity contribution is -0.147. The van der Waals surface area contributed by atoms with Gasteiger partial charge in [-0.25, -0.2) is 9.59 Å². The lowest BCUT2D eigenvalue weighted by atomic mass is 9.89. The van der Waals surface area contributed by atoms with Gasteiger partial charge in [-0.1, -0.05) is 12.1 Å². The second kappa shape index (κ2) is 6.43. The molecule has 1 heterocycles. The molecule has 1 N–H and O–H groups in total. The average Bonchev–Trinajstić information content (AvgIpc) is 2.45. The molecule has 1 fully saturated rings. The largest absolute Gasteiger partial charge is 0.478 e. The van der Waals surface area contributed by atoms with Crippen molar-refractivity contribution >= 4 is 23.9 Å². The van der Waals surface area contributed by atoms with E-state index in [1.165, 1.54) is 24.3 Å². The third-order valence-corrected chi connectivity index (χ3v) is 3.55. The summed E-state index contributed by atoms with van der Waals surface area (Å²) in [7, 11) is 0. The molecule has 0 radical (unpaired) electrons. The predicted molar refractivity (Wildman–Crippen MR) is 83.5 cm³/mol. The SMILES string of the molecule is CC(C)(C)OC(=O)N1C(=O)CCC(c2ccc(C(=O)O)cc2)C1=O. The quantitative estimate of drug-likeness (QED) is 0.835. The van der Waals surface area contributed by atoms with E-state index in [0.29, 0.717) is 10.5 Å². The zero-order chi connectivity index (χ0) is 18.1. The molecule has 0 spiro atoms. The first kappa shape index (κ1) is 17.7. The number of likely N-dealkylation sites (tertiary alicyclic amines) is 1. The van der Waals surface area contributed by atoms with Gasteiger partial charge in [-0.05, 0) is 44.9 Å². The summed E-state index contributed by atoms with van der Waals surface area (Å²) in [5, 5.41) is 8.91. The van der Waals surface area contributed by atoms with Gasteiger partial charge >= 0.3 is 12.1 Å². The fourth-order valence-electron chi connectivity index (χ4n) is 2.45. The van der Waals surface area contributed by atoms with Crippen molar-refractivity contribution in [2.75, 3.05) is 0 Å². The number of amides is 3. The Morgan fingerprint density at radius 2 is 1.75 bits per heavy atom. The van der Waals surface area contributed by atoms with Gasteiger partial charge in [0.15, 0.2) is 0 Å². The number of hydrogen-bond donors (Lipinski definition) is 1. The van der Waals surface area contributed by atoms with Gasteiger partial charge in [0, 0.05) is 6.42 Å². The summed E-state index contributed by atoms with van der Waals surface area (Å²) in [5.74, 6) is -2.99. The van der Waals surface area contributed by atoms with Gasteiger partial charge in [0.25, 0.3) is 0 Å². The minimum absolute atomic E-state index is 0.0380. The molecule has 1 unspecified atom stereocenters. The van der Waals surface area contributed by atoms with E-state index in [2.05, 4.69) is 0 Å². The van der Waals surface area contributed by atoms with Crippen molar-refractivity contribution in [1.82, 2.24) is 4.90 Å². The first-order valence-electron chi connectivity index (χ1n) is 7.53. The lowest BCUT2D eigenvalue weighted by Gasteiger charge is -2.31. The number of piperidine rings is 1. The van der Waals surface area contributed by atoms with Gasteiger partial charge in [-0.3, -0.25) is 9.59 Å². The van der Waals surface area contributed by atoms with Crippen LogP contribution in [0.1, 0.15) is 55.5 Å². The number of nitrogens with zero attached hydrogens (tertiary/aromatic N) is 1. The molecule has 0 bridgehead atoms. The van der Waals surface area contributed by atoms with Crippen LogP contribution in [0.5, 0.6) is 0 Å². The molecule has 0 saturated carbocycles. The number of ether oxygens (including phenoxy) is 1. The van der Waals surface area contributed by atoms with Crippen LogP contribution in [0, 0.1) is 0 Å². The second-order valence-electron chi connectivity index (χ2n) is 6.57. The van der Waals surface area contributed by atoms with Gasteiger partial charge in [0.2, 0.25) is 11.8 Å². The first-order valence-corrected chi connectivity index (χ1v) is 7.53. The Morgan fingerprint density at radius 3 is 2.25 bits per heavy atom. The molecule has 1 aromatic carbocycles. The Labute approximate surface area is 139 Å². The van der Waals surface area contributed by atoms with Crippen LogP contribution >= 0.6 is 0 Å². The third-order valence-electron chi connectivity index (χ3n) is 3.55. The second-order valence-corrected chi connectivity index (χ2v) is 6.57. The molecule has 1 saturated heterocycles. The van der Waals surface area contributed by atoms with E-state index >= 15 is 0 Å². The van der Waals surface area contributed by atoms with E-state index in [-0.39, 0.29) is 18.4 Å². The summed E-state index contributed by atoms with van der Waals surface area (Å²) in [6.07, 6.45) is -0.677. The fraction of sp³-hybridized carbons (Fsp3) is 0.412. The van der Waals surface area contributed by atoms with Crippen molar-refractivity contribution in [3.63, 3.8) is 0 Å². The van der Waals surface area contributed by atoms with Crippen molar-refractivity contribution in [2.24, 2.45) is 0 Å².